The Morgan fingerprint density at radius 1 is 1.35 bits per heavy atom. The fourth-order valence-electron chi connectivity index (χ4n) is 4.59. The number of pyridine rings is 2. The molecule has 1 aliphatic heterocycles. The normalized spacial score (nSPS) is 20.1. The predicted molar refractivity (Wildman–Crippen MR) is 131 cm³/mol. The predicted octanol–water partition coefficient (Wildman–Crippen LogP) is 3.86. The Labute approximate surface area is 205 Å². The number of fused-ring (bicyclic) bond motifs is 1. The monoisotopic (exact) mass is 488 g/mol. The van der Waals surface area contributed by atoms with Crippen LogP contribution in [0.25, 0.3) is 0 Å². The van der Waals surface area contributed by atoms with Crippen LogP contribution in [0.1, 0.15) is 48.9 Å². The number of carboxylic acids is 1. The summed E-state index contributed by atoms with van der Waals surface area (Å²) in [7, 11) is 1.53. The number of rotatable bonds is 12. The summed E-state index contributed by atoms with van der Waals surface area (Å²) in [5.41, 5.74) is 3.17. The van der Waals surface area contributed by atoms with Gasteiger partial charge >= 0.3 is 5.97 Å². The molecule has 1 fully saturated rings. The van der Waals surface area contributed by atoms with Gasteiger partial charge in [0.2, 0.25) is 0 Å². The molecule has 34 heavy (non-hydrogen) atoms. The van der Waals surface area contributed by atoms with E-state index < -0.39 is 12.0 Å². The van der Waals surface area contributed by atoms with Crippen LogP contribution < -0.4 is 15.4 Å². The second kappa shape index (κ2) is 11.8. The summed E-state index contributed by atoms with van der Waals surface area (Å²) >= 11 is 6.19. The Morgan fingerprint density at radius 2 is 2.21 bits per heavy atom. The lowest BCUT2D eigenvalue weighted by atomic mass is 9.79. The van der Waals surface area contributed by atoms with Crippen LogP contribution in [-0.4, -0.2) is 53.5 Å². The van der Waals surface area contributed by atoms with Crippen LogP contribution in [0.4, 0.5) is 5.82 Å². The maximum Gasteiger partial charge on any atom is 0.320 e. The fourth-order valence-corrected chi connectivity index (χ4v) is 4.80. The molecule has 1 saturated carbocycles. The van der Waals surface area contributed by atoms with E-state index >= 15 is 0 Å². The standard InChI is InChI=1S/C25H33ClN4O4/c1-33-23-15-27-14-21(26)20(23)13-29-22(25(31)32)8-10-34-19-11-16(12-19)4-6-18-7-5-17-3-2-9-28-24(17)30-18/h5,7,14-16,19,22,29H,2-4,6,8-13H2,1H3,(H,28,30)(H,31,32)/t16?,19?,22-/m1/s1. The number of carboxylic acid groups (broad SMARTS) is 1. The first-order valence-corrected chi connectivity index (χ1v) is 12.4. The molecule has 0 amide bonds. The van der Waals surface area contributed by atoms with E-state index in [2.05, 4.69) is 27.8 Å². The van der Waals surface area contributed by atoms with E-state index in [1.54, 1.807) is 6.20 Å². The molecule has 0 radical (unpaired) electrons. The summed E-state index contributed by atoms with van der Waals surface area (Å²) < 4.78 is 11.2. The van der Waals surface area contributed by atoms with Crippen molar-refractivity contribution in [3.8, 4) is 5.75 Å². The topological polar surface area (TPSA) is 106 Å². The van der Waals surface area contributed by atoms with Gasteiger partial charge in [0.05, 0.1) is 24.4 Å². The molecule has 3 N–H and O–H groups in total. The largest absolute Gasteiger partial charge is 0.495 e. The maximum atomic E-state index is 11.7. The molecule has 4 rings (SSSR count). The highest BCUT2D eigenvalue weighted by atomic mass is 35.5. The SMILES string of the molecule is COc1cncc(Cl)c1CN[C@H](CCOC1CC(CCc2ccc3c(n2)NCCC3)C1)C(=O)O. The van der Waals surface area contributed by atoms with Gasteiger partial charge in [0, 0.05) is 37.2 Å². The Hall–Kier alpha value is -2.42. The van der Waals surface area contributed by atoms with Crippen LogP contribution in [0, 0.1) is 5.92 Å². The number of halogens is 1. The first-order chi connectivity index (χ1) is 16.5. The van der Waals surface area contributed by atoms with E-state index in [9.17, 15) is 9.90 Å². The van der Waals surface area contributed by atoms with Gasteiger partial charge in [0.25, 0.3) is 0 Å². The molecule has 8 nitrogen and oxygen atoms in total. The molecule has 3 heterocycles. The number of nitrogens with one attached hydrogen (secondary N) is 2. The van der Waals surface area contributed by atoms with Crippen molar-refractivity contribution < 1.29 is 19.4 Å². The van der Waals surface area contributed by atoms with Crippen LogP contribution in [0.5, 0.6) is 5.75 Å². The van der Waals surface area contributed by atoms with Crippen LogP contribution in [-0.2, 0) is 28.9 Å². The minimum atomic E-state index is -0.911. The molecular formula is C25H33ClN4O4. The highest BCUT2D eigenvalue weighted by Gasteiger charge is 2.30. The summed E-state index contributed by atoms with van der Waals surface area (Å²) in [5, 5.41) is 16.5. The number of ether oxygens (including phenoxy) is 2. The summed E-state index contributed by atoms with van der Waals surface area (Å²) in [6, 6.07) is 3.64. The molecule has 1 aliphatic carbocycles. The molecule has 0 spiro atoms. The smallest absolute Gasteiger partial charge is 0.320 e. The Kier molecular flexibility index (Phi) is 8.59. The minimum absolute atomic E-state index is 0.215. The summed E-state index contributed by atoms with van der Waals surface area (Å²) in [5.74, 6) is 1.32. The molecular weight excluding hydrogens is 456 g/mol. The third-order valence-electron chi connectivity index (χ3n) is 6.72. The summed E-state index contributed by atoms with van der Waals surface area (Å²) in [6.45, 7) is 1.69. The number of aryl methyl sites for hydroxylation is 2. The van der Waals surface area contributed by atoms with Crippen LogP contribution >= 0.6 is 11.6 Å². The van der Waals surface area contributed by atoms with E-state index in [0.717, 1.165) is 50.2 Å². The number of hydrogen-bond donors (Lipinski definition) is 3. The lowest BCUT2D eigenvalue weighted by molar-refractivity contribution is -0.140. The lowest BCUT2D eigenvalue weighted by Crippen LogP contribution is -2.38. The molecule has 2 aromatic rings. The van der Waals surface area contributed by atoms with Crippen molar-refractivity contribution in [1.29, 1.82) is 0 Å². The molecule has 2 aromatic heterocycles. The molecule has 0 unspecified atom stereocenters. The number of aromatic nitrogens is 2. The first-order valence-electron chi connectivity index (χ1n) is 12.0. The number of hydrogen-bond acceptors (Lipinski definition) is 7. The van der Waals surface area contributed by atoms with Gasteiger partial charge in [0.1, 0.15) is 17.6 Å². The van der Waals surface area contributed by atoms with E-state index in [0.29, 0.717) is 35.3 Å². The zero-order valence-electron chi connectivity index (χ0n) is 19.6. The molecule has 9 heteroatoms. The average Bonchev–Trinajstić information content (AvgIpc) is 2.82. The van der Waals surface area contributed by atoms with Crippen LogP contribution in [0.2, 0.25) is 5.02 Å². The average molecular weight is 489 g/mol. The second-order valence-electron chi connectivity index (χ2n) is 9.07. The van der Waals surface area contributed by atoms with Crippen molar-refractivity contribution in [2.45, 2.75) is 63.6 Å². The van der Waals surface area contributed by atoms with Gasteiger partial charge in [-0.05, 0) is 62.5 Å². The number of anilines is 1. The fraction of sp³-hybridized carbons (Fsp3) is 0.560. The second-order valence-corrected chi connectivity index (χ2v) is 9.48. The lowest BCUT2D eigenvalue weighted by Gasteiger charge is -2.35. The maximum absolute atomic E-state index is 11.7. The third-order valence-corrected chi connectivity index (χ3v) is 7.05. The Balaban J connectivity index is 1.14. The first kappa shape index (κ1) is 24.7. The number of carbonyl (C=O) groups is 1. The van der Waals surface area contributed by atoms with E-state index in [-0.39, 0.29) is 12.6 Å². The number of aliphatic carboxylic acids is 1. The zero-order valence-corrected chi connectivity index (χ0v) is 20.3. The van der Waals surface area contributed by atoms with E-state index in [4.69, 9.17) is 26.1 Å². The highest BCUT2D eigenvalue weighted by molar-refractivity contribution is 6.31. The van der Waals surface area contributed by atoms with E-state index in [1.165, 1.54) is 25.3 Å². The van der Waals surface area contributed by atoms with Gasteiger partial charge < -0.3 is 25.2 Å². The van der Waals surface area contributed by atoms with Gasteiger partial charge in [-0.2, -0.15) is 0 Å². The molecule has 184 valence electrons. The van der Waals surface area contributed by atoms with Gasteiger partial charge in [-0.25, -0.2) is 4.98 Å². The van der Waals surface area contributed by atoms with Gasteiger partial charge in [-0.1, -0.05) is 17.7 Å². The highest BCUT2D eigenvalue weighted by Crippen LogP contribution is 2.34. The van der Waals surface area contributed by atoms with Crippen molar-refractivity contribution in [2.24, 2.45) is 5.92 Å². The summed E-state index contributed by atoms with van der Waals surface area (Å²) in [6.07, 6.45) is 10.1. The number of methoxy groups -OCH3 is 1. The van der Waals surface area contributed by atoms with Crippen molar-refractivity contribution >= 4 is 23.4 Å². The van der Waals surface area contributed by atoms with Gasteiger partial charge in [0.15, 0.2) is 0 Å². The van der Waals surface area contributed by atoms with Crippen LogP contribution in [0.3, 0.4) is 0 Å². The molecule has 1 atom stereocenters. The van der Waals surface area contributed by atoms with Crippen molar-refractivity contribution in [1.82, 2.24) is 15.3 Å². The number of nitrogens with zero attached hydrogens (tertiary/aromatic N) is 2. The van der Waals surface area contributed by atoms with Gasteiger partial charge in [-0.15, -0.1) is 0 Å². The van der Waals surface area contributed by atoms with Crippen LogP contribution in [0.15, 0.2) is 24.5 Å². The van der Waals surface area contributed by atoms with Crippen molar-refractivity contribution in [3.63, 3.8) is 0 Å². The third kappa shape index (κ3) is 6.37. The molecule has 0 aromatic carbocycles. The van der Waals surface area contributed by atoms with Crippen molar-refractivity contribution in [2.75, 3.05) is 25.6 Å². The minimum Gasteiger partial charge on any atom is -0.495 e. The molecule has 0 bridgehead atoms. The quantitative estimate of drug-likeness (QED) is 0.413. The van der Waals surface area contributed by atoms with Gasteiger partial charge in [-0.3, -0.25) is 9.78 Å². The Morgan fingerprint density at radius 3 is 3.00 bits per heavy atom. The van der Waals surface area contributed by atoms with E-state index in [1.807, 2.05) is 0 Å². The van der Waals surface area contributed by atoms with Crippen molar-refractivity contribution in [3.05, 3.63) is 46.4 Å². The zero-order chi connectivity index (χ0) is 23.9. The molecule has 0 saturated heterocycles. The molecule has 2 aliphatic rings. The Bertz CT molecular complexity index is 983. The summed E-state index contributed by atoms with van der Waals surface area (Å²) in [4.78, 5) is 20.4.